The molecule has 0 rings (SSSR count). The molecule has 2 atom stereocenters. The Bertz CT molecular complexity index is 1300. The molecule has 0 aliphatic heterocycles. The van der Waals surface area contributed by atoms with E-state index in [0.717, 1.165) is 38.5 Å². The van der Waals surface area contributed by atoms with Gasteiger partial charge in [-0.3, -0.25) is 9.59 Å². The van der Waals surface area contributed by atoms with Crippen LogP contribution in [0.3, 0.4) is 0 Å². The standard InChI is InChI=1S/C77H149NO5/c1-3-5-7-9-11-13-15-17-19-21-38-41-45-49-53-57-61-65-69-75(80)74(73-79)78-76(81)70-66-62-58-54-50-46-42-39-36-34-32-30-28-26-24-22-23-25-27-29-31-33-35-37-40-44-48-52-56-60-64-68-72-83-77(82)71-67-63-59-55-51-47-43-20-18-16-14-12-10-8-6-4-2/h25,27,65,69,74-75,79-80H,3-24,26,28-64,66-68,70-73H2,1-2H3,(H,78,81)/b27-25-,69-65+. The molecule has 0 radical (unpaired) electrons. The Labute approximate surface area is 520 Å². The maximum Gasteiger partial charge on any atom is 0.305 e. The zero-order valence-electron chi connectivity index (χ0n) is 56.5. The second kappa shape index (κ2) is 72.8. The molecule has 0 saturated heterocycles. The highest BCUT2D eigenvalue weighted by Gasteiger charge is 2.18. The van der Waals surface area contributed by atoms with Gasteiger partial charge in [-0.25, -0.2) is 0 Å². The quantitative estimate of drug-likeness (QED) is 0.0320. The number of hydrogen-bond acceptors (Lipinski definition) is 5. The predicted molar refractivity (Wildman–Crippen MR) is 366 cm³/mol. The molecule has 0 heterocycles. The maximum atomic E-state index is 12.5. The summed E-state index contributed by atoms with van der Waals surface area (Å²) in [4.78, 5) is 24.6. The van der Waals surface area contributed by atoms with Crippen LogP contribution in [0.2, 0.25) is 0 Å². The molecule has 0 fully saturated rings. The van der Waals surface area contributed by atoms with Gasteiger partial charge in [0, 0.05) is 12.8 Å². The molecule has 0 aromatic heterocycles. The van der Waals surface area contributed by atoms with Gasteiger partial charge in [0.15, 0.2) is 0 Å². The number of carbonyl (C=O) groups excluding carboxylic acids is 2. The van der Waals surface area contributed by atoms with Crippen LogP contribution in [0.15, 0.2) is 24.3 Å². The van der Waals surface area contributed by atoms with Crippen molar-refractivity contribution in [2.24, 2.45) is 0 Å². The van der Waals surface area contributed by atoms with Gasteiger partial charge >= 0.3 is 5.97 Å². The molecule has 0 aromatic carbocycles. The van der Waals surface area contributed by atoms with Crippen molar-refractivity contribution in [1.82, 2.24) is 5.32 Å². The molecule has 0 bridgehead atoms. The van der Waals surface area contributed by atoms with Crippen LogP contribution in [0.4, 0.5) is 0 Å². The number of allylic oxidation sites excluding steroid dienone is 3. The van der Waals surface area contributed by atoms with Crippen molar-refractivity contribution in [2.75, 3.05) is 13.2 Å². The Balaban J connectivity index is 3.36. The minimum Gasteiger partial charge on any atom is -0.466 e. The first-order valence-corrected chi connectivity index (χ1v) is 38.1. The van der Waals surface area contributed by atoms with Crippen LogP contribution in [0.1, 0.15) is 431 Å². The summed E-state index contributed by atoms with van der Waals surface area (Å²) in [7, 11) is 0. The van der Waals surface area contributed by atoms with E-state index in [4.69, 9.17) is 4.74 Å². The summed E-state index contributed by atoms with van der Waals surface area (Å²) in [6.07, 6.45) is 92.9. The normalized spacial score (nSPS) is 12.6. The number of hydrogen-bond donors (Lipinski definition) is 3. The number of nitrogens with one attached hydrogen (secondary N) is 1. The van der Waals surface area contributed by atoms with Crippen LogP contribution in [0, 0.1) is 0 Å². The Morgan fingerprint density at radius 1 is 0.325 bits per heavy atom. The zero-order valence-corrected chi connectivity index (χ0v) is 56.5. The average Bonchev–Trinajstić information content (AvgIpc) is 3.49. The number of ether oxygens (including phenoxy) is 1. The molecule has 3 N–H and O–H groups in total. The Morgan fingerprint density at radius 2 is 0.566 bits per heavy atom. The number of rotatable bonds is 72. The largest absolute Gasteiger partial charge is 0.466 e. The van der Waals surface area contributed by atoms with Gasteiger partial charge in [0.1, 0.15) is 0 Å². The molecule has 0 aliphatic rings. The lowest BCUT2D eigenvalue weighted by Gasteiger charge is -2.20. The number of aliphatic hydroxyl groups excluding tert-OH is 2. The van der Waals surface area contributed by atoms with Gasteiger partial charge < -0.3 is 20.3 Å². The predicted octanol–water partition coefficient (Wildman–Crippen LogP) is 24.9. The first kappa shape index (κ1) is 81.3. The van der Waals surface area contributed by atoms with Gasteiger partial charge in [-0.15, -0.1) is 0 Å². The van der Waals surface area contributed by atoms with Crippen LogP contribution in [-0.4, -0.2) is 47.4 Å². The van der Waals surface area contributed by atoms with Crippen LogP contribution < -0.4 is 5.32 Å². The lowest BCUT2D eigenvalue weighted by Crippen LogP contribution is -2.45. The van der Waals surface area contributed by atoms with Gasteiger partial charge in [-0.05, 0) is 57.8 Å². The number of carbonyl (C=O) groups is 2. The van der Waals surface area contributed by atoms with Crippen molar-refractivity contribution in [3.8, 4) is 0 Å². The molecule has 0 spiro atoms. The highest BCUT2D eigenvalue weighted by molar-refractivity contribution is 5.76. The van der Waals surface area contributed by atoms with E-state index < -0.39 is 12.1 Å². The molecular weight excluding hydrogens is 1020 g/mol. The first-order chi connectivity index (χ1) is 41.0. The molecule has 492 valence electrons. The van der Waals surface area contributed by atoms with Crippen LogP contribution in [-0.2, 0) is 14.3 Å². The highest BCUT2D eigenvalue weighted by atomic mass is 16.5. The number of unbranched alkanes of at least 4 members (excludes halogenated alkanes) is 59. The minimum atomic E-state index is -0.843. The van der Waals surface area contributed by atoms with Crippen molar-refractivity contribution in [3.05, 3.63) is 24.3 Å². The molecule has 0 saturated carbocycles. The van der Waals surface area contributed by atoms with Crippen molar-refractivity contribution >= 4 is 11.9 Å². The topological polar surface area (TPSA) is 95.9 Å². The summed E-state index contributed by atoms with van der Waals surface area (Å²) in [5.41, 5.74) is 0. The number of aliphatic hydroxyl groups is 2. The van der Waals surface area contributed by atoms with Crippen LogP contribution in [0.25, 0.3) is 0 Å². The van der Waals surface area contributed by atoms with E-state index in [-0.39, 0.29) is 18.5 Å². The summed E-state index contributed by atoms with van der Waals surface area (Å²) in [5, 5.41) is 23.2. The molecule has 0 aliphatic carbocycles. The van der Waals surface area contributed by atoms with Crippen molar-refractivity contribution in [2.45, 2.75) is 443 Å². The third-order valence-electron chi connectivity index (χ3n) is 18.0. The fourth-order valence-electron chi connectivity index (χ4n) is 12.2. The third-order valence-corrected chi connectivity index (χ3v) is 18.0. The van der Waals surface area contributed by atoms with Gasteiger partial charge in [0.2, 0.25) is 5.91 Å². The van der Waals surface area contributed by atoms with Crippen molar-refractivity contribution in [1.29, 1.82) is 0 Å². The van der Waals surface area contributed by atoms with Gasteiger partial charge in [0.25, 0.3) is 0 Å². The van der Waals surface area contributed by atoms with E-state index in [1.165, 1.54) is 366 Å². The van der Waals surface area contributed by atoms with E-state index in [0.29, 0.717) is 19.4 Å². The molecule has 83 heavy (non-hydrogen) atoms. The maximum absolute atomic E-state index is 12.5. The highest BCUT2D eigenvalue weighted by Crippen LogP contribution is 2.19. The summed E-state index contributed by atoms with van der Waals surface area (Å²) in [6, 6.07) is -0.626. The molecule has 2 unspecified atom stereocenters. The van der Waals surface area contributed by atoms with E-state index in [1.54, 1.807) is 6.08 Å². The Hall–Kier alpha value is -1.66. The Morgan fingerprint density at radius 3 is 0.855 bits per heavy atom. The minimum absolute atomic E-state index is 0.0223. The first-order valence-electron chi connectivity index (χ1n) is 38.1. The van der Waals surface area contributed by atoms with Crippen molar-refractivity contribution < 1.29 is 24.5 Å². The zero-order chi connectivity index (χ0) is 59.9. The second-order valence-corrected chi connectivity index (χ2v) is 26.3. The van der Waals surface area contributed by atoms with Gasteiger partial charge in [0.05, 0.1) is 25.4 Å². The van der Waals surface area contributed by atoms with Gasteiger partial charge in [-0.1, -0.05) is 385 Å². The fourth-order valence-corrected chi connectivity index (χ4v) is 12.2. The van der Waals surface area contributed by atoms with Crippen LogP contribution in [0.5, 0.6) is 0 Å². The molecule has 6 heteroatoms. The van der Waals surface area contributed by atoms with E-state index >= 15 is 0 Å². The second-order valence-electron chi connectivity index (χ2n) is 26.3. The van der Waals surface area contributed by atoms with Gasteiger partial charge in [-0.2, -0.15) is 0 Å². The lowest BCUT2D eigenvalue weighted by atomic mass is 10.0. The van der Waals surface area contributed by atoms with E-state index in [9.17, 15) is 19.8 Å². The number of amides is 1. The molecule has 6 nitrogen and oxygen atoms in total. The lowest BCUT2D eigenvalue weighted by molar-refractivity contribution is -0.143. The third kappa shape index (κ3) is 69.3. The molecule has 0 aromatic rings. The fraction of sp³-hybridized carbons (Fsp3) is 0.922. The summed E-state index contributed by atoms with van der Waals surface area (Å²) in [5.74, 6) is -0.0392. The molecular formula is C77H149NO5. The summed E-state index contributed by atoms with van der Waals surface area (Å²) < 4.78 is 5.51. The van der Waals surface area contributed by atoms with Crippen molar-refractivity contribution in [3.63, 3.8) is 0 Å². The van der Waals surface area contributed by atoms with E-state index in [2.05, 4.69) is 31.3 Å². The number of esters is 1. The Kier molecular flexibility index (Phi) is 71.4. The van der Waals surface area contributed by atoms with Crippen LogP contribution >= 0.6 is 0 Å². The average molecular weight is 1170 g/mol. The smallest absolute Gasteiger partial charge is 0.305 e. The molecule has 1 amide bonds. The van der Waals surface area contributed by atoms with E-state index in [1.807, 2.05) is 6.08 Å². The summed E-state index contributed by atoms with van der Waals surface area (Å²) in [6.45, 7) is 4.95. The SMILES string of the molecule is CCCCCCCCCCCCCCCCCC/C=C/C(O)C(CO)NC(=O)CCCCCCCCCCCCCCCCCC/C=C\CCCCCCCCCCCCCCOC(=O)CCCCCCCCCCCCCCCCCC. The monoisotopic (exact) mass is 1170 g/mol. The summed E-state index contributed by atoms with van der Waals surface area (Å²) >= 11 is 0.